The van der Waals surface area contributed by atoms with Crippen LogP contribution in [0, 0.1) is 11.8 Å². The Morgan fingerprint density at radius 1 is 0.639 bits per heavy atom. The highest BCUT2D eigenvalue weighted by Gasteiger charge is 2.44. The highest BCUT2D eigenvalue weighted by atomic mass is 15.4. The summed E-state index contributed by atoms with van der Waals surface area (Å²) in [4.78, 5) is 2.72. The zero-order valence-corrected chi connectivity index (χ0v) is 35.1. The van der Waals surface area contributed by atoms with Crippen LogP contribution in [0.3, 0.4) is 0 Å². The zero-order valence-electron chi connectivity index (χ0n) is 35.1. The zero-order chi connectivity index (χ0) is 40.3. The first kappa shape index (κ1) is 37.1. The Kier molecular flexibility index (Phi) is 9.52. The van der Waals surface area contributed by atoms with Gasteiger partial charge < -0.3 is 10.2 Å². The number of rotatable bonds is 6. The maximum absolute atomic E-state index is 4.12. The smallest absolute Gasteiger partial charge is 0.111 e. The Bertz CT molecular complexity index is 2700. The molecule has 2 saturated heterocycles. The average Bonchev–Trinajstić information content (AvgIpc) is 3.68. The third-order valence-electron chi connectivity index (χ3n) is 14.9. The second-order valence-corrected chi connectivity index (χ2v) is 18.5. The lowest BCUT2D eigenvalue weighted by atomic mass is 9.82. The van der Waals surface area contributed by atoms with Gasteiger partial charge in [-0.15, -0.1) is 0 Å². The first-order valence-corrected chi connectivity index (χ1v) is 23.3. The van der Waals surface area contributed by atoms with Crippen LogP contribution in [0.15, 0.2) is 197 Å². The van der Waals surface area contributed by atoms with Crippen molar-refractivity contribution < 1.29 is 0 Å². The Labute approximate surface area is 361 Å². The Balaban J connectivity index is 0.777. The molecule has 0 amide bonds. The molecule has 0 radical (unpaired) electrons. The lowest BCUT2D eigenvalue weighted by Crippen LogP contribution is -2.58. The van der Waals surface area contributed by atoms with Crippen molar-refractivity contribution in [3.05, 3.63) is 213 Å². The molecule has 6 aliphatic carbocycles. The summed E-state index contributed by atoms with van der Waals surface area (Å²) >= 11 is 0. The van der Waals surface area contributed by atoms with Crippen molar-refractivity contribution in [1.82, 2.24) is 20.9 Å². The lowest BCUT2D eigenvalue weighted by molar-refractivity contribution is 0.219. The van der Waals surface area contributed by atoms with Crippen molar-refractivity contribution in [2.45, 2.75) is 95.0 Å². The van der Waals surface area contributed by atoms with E-state index >= 15 is 0 Å². The van der Waals surface area contributed by atoms with Crippen LogP contribution in [-0.2, 0) is 0 Å². The summed E-state index contributed by atoms with van der Waals surface area (Å²) in [5, 5.41) is 14.9. The van der Waals surface area contributed by atoms with Gasteiger partial charge in [-0.25, -0.2) is 0 Å². The largest absolute Gasteiger partial charge is 0.363 e. The van der Waals surface area contributed by atoms with Crippen LogP contribution in [0.1, 0.15) is 93.4 Å². The van der Waals surface area contributed by atoms with Crippen LogP contribution >= 0.6 is 0 Å². The molecule has 0 bridgehead atoms. The van der Waals surface area contributed by atoms with Gasteiger partial charge in [-0.05, 0) is 138 Å². The highest BCUT2D eigenvalue weighted by molar-refractivity contribution is 5.83. The molecule has 0 saturated carbocycles. The van der Waals surface area contributed by atoms with Crippen LogP contribution in [-0.4, -0.2) is 23.3 Å². The molecule has 3 heterocycles. The number of fused-ring (bicyclic) bond motifs is 5. The fourth-order valence-corrected chi connectivity index (χ4v) is 11.8. The number of hydrogen-bond acceptors (Lipinski definition) is 4. The van der Waals surface area contributed by atoms with E-state index in [1.165, 1.54) is 72.4 Å². The minimum absolute atomic E-state index is 0.166. The van der Waals surface area contributed by atoms with E-state index in [1.807, 2.05) is 0 Å². The SMILES string of the molecule is C1=CCCC(C2CC(c3ccc4ccccc4c3)NC(C3C=CC=C(c4cccc(C5=CCC(C6NC7=CCCC8=C7N6C6=CCCC=C6C6=C8CCC=C6)C=C5)c4)C3)N2)=C1. The van der Waals surface area contributed by atoms with E-state index in [0.29, 0.717) is 17.9 Å². The summed E-state index contributed by atoms with van der Waals surface area (Å²) in [5.41, 5.74) is 18.7. The normalized spacial score (nSPS) is 29.1. The summed E-state index contributed by atoms with van der Waals surface area (Å²) in [6, 6.07) is 25.8. The lowest BCUT2D eigenvalue weighted by Gasteiger charge is -2.42. The number of nitrogens with one attached hydrogen (secondary N) is 3. The van der Waals surface area contributed by atoms with Crippen LogP contribution < -0.4 is 16.0 Å². The first-order valence-electron chi connectivity index (χ1n) is 23.3. The van der Waals surface area contributed by atoms with E-state index in [-0.39, 0.29) is 18.4 Å². The summed E-state index contributed by atoms with van der Waals surface area (Å²) < 4.78 is 0. The quantitative estimate of drug-likeness (QED) is 0.232. The summed E-state index contributed by atoms with van der Waals surface area (Å²) in [6.07, 6.45) is 46.2. The van der Waals surface area contributed by atoms with Gasteiger partial charge in [0.15, 0.2) is 0 Å². The Morgan fingerprint density at radius 2 is 1.52 bits per heavy atom. The van der Waals surface area contributed by atoms with Crippen LogP contribution in [0.25, 0.3) is 21.9 Å². The van der Waals surface area contributed by atoms with Crippen LogP contribution in [0.5, 0.6) is 0 Å². The first-order chi connectivity index (χ1) is 30.2. The van der Waals surface area contributed by atoms with Gasteiger partial charge >= 0.3 is 0 Å². The molecule has 6 atom stereocenters. The van der Waals surface area contributed by atoms with E-state index in [1.54, 1.807) is 11.1 Å². The fraction of sp³-hybridized carbons (Fsp3) is 0.298. The molecule has 3 N–H and O–H groups in total. The monoisotopic (exact) mass is 796 g/mol. The molecule has 9 aliphatic rings. The molecule has 12 rings (SSSR count). The van der Waals surface area contributed by atoms with E-state index in [4.69, 9.17) is 0 Å². The van der Waals surface area contributed by atoms with E-state index in [9.17, 15) is 0 Å². The molecule has 2 fully saturated rings. The second kappa shape index (κ2) is 15.7. The van der Waals surface area contributed by atoms with Crippen molar-refractivity contribution >= 4 is 21.9 Å². The second-order valence-electron chi connectivity index (χ2n) is 18.5. The van der Waals surface area contributed by atoms with Crippen molar-refractivity contribution in [1.29, 1.82) is 0 Å². The topological polar surface area (TPSA) is 39.3 Å². The number of allylic oxidation sites excluding steroid dienone is 17. The minimum atomic E-state index is 0.166. The van der Waals surface area contributed by atoms with Crippen molar-refractivity contribution in [2.75, 3.05) is 0 Å². The molecule has 304 valence electrons. The van der Waals surface area contributed by atoms with Gasteiger partial charge in [-0.1, -0.05) is 145 Å². The third kappa shape index (κ3) is 6.76. The molecular weight excluding hydrogens is 741 g/mol. The fourth-order valence-electron chi connectivity index (χ4n) is 11.8. The number of nitrogens with zero attached hydrogens (tertiary/aromatic N) is 1. The number of benzene rings is 3. The van der Waals surface area contributed by atoms with Gasteiger partial charge in [-0.2, -0.15) is 0 Å². The average molecular weight is 797 g/mol. The summed E-state index contributed by atoms with van der Waals surface area (Å²) in [7, 11) is 0. The summed E-state index contributed by atoms with van der Waals surface area (Å²) in [5.74, 6) is 0.703. The standard InChI is InChI=1S/C57H56N4/c1-2-14-39(15-3-1)52-36-53(45-32-29-37-13-4-5-16-41(37)34-45)59-56(58-52)46-20-11-19-44(35-46)43-18-10-17-42(33-43)38-27-30-40(31-28-38)57-60-51-25-12-24-50-48-22-7-6-21-47(48)49-23-8-9-26-54(49)61(57)55(50)51/h1-2,4-6,10-11,13-14,16-21,23,25-30,32-34,40,46,52-53,56-60H,3,7-9,12,15,22,24,31,35-36H2. The summed E-state index contributed by atoms with van der Waals surface area (Å²) in [6.45, 7) is 0. The van der Waals surface area contributed by atoms with E-state index < -0.39 is 0 Å². The van der Waals surface area contributed by atoms with Gasteiger partial charge in [0.1, 0.15) is 6.17 Å². The Morgan fingerprint density at radius 3 is 2.44 bits per heavy atom. The number of hydrogen-bond donors (Lipinski definition) is 3. The maximum Gasteiger partial charge on any atom is 0.111 e. The van der Waals surface area contributed by atoms with Gasteiger partial charge in [0.25, 0.3) is 0 Å². The van der Waals surface area contributed by atoms with Gasteiger partial charge in [-0.3, -0.25) is 10.6 Å². The molecule has 0 aromatic heterocycles. The van der Waals surface area contributed by atoms with Crippen LogP contribution in [0.4, 0.5) is 0 Å². The van der Waals surface area contributed by atoms with E-state index in [2.05, 4.69) is 173 Å². The highest BCUT2D eigenvalue weighted by Crippen LogP contribution is 2.50. The molecule has 3 aliphatic heterocycles. The molecule has 4 heteroatoms. The van der Waals surface area contributed by atoms with Crippen molar-refractivity contribution in [2.24, 2.45) is 11.8 Å². The molecule has 4 nitrogen and oxygen atoms in total. The predicted molar refractivity (Wildman–Crippen MR) is 252 cm³/mol. The van der Waals surface area contributed by atoms with Gasteiger partial charge in [0.2, 0.25) is 0 Å². The molecule has 3 aromatic rings. The predicted octanol–water partition coefficient (Wildman–Crippen LogP) is 12.5. The molecule has 0 spiro atoms. The molecule has 6 unspecified atom stereocenters. The third-order valence-corrected chi connectivity index (χ3v) is 14.9. The van der Waals surface area contributed by atoms with Crippen molar-refractivity contribution in [3.63, 3.8) is 0 Å². The van der Waals surface area contributed by atoms with Crippen molar-refractivity contribution in [3.8, 4) is 0 Å². The van der Waals surface area contributed by atoms with Crippen LogP contribution in [0.2, 0.25) is 0 Å². The maximum atomic E-state index is 4.12. The van der Waals surface area contributed by atoms with E-state index in [0.717, 1.165) is 70.6 Å². The molecular formula is C57H56N4. The van der Waals surface area contributed by atoms with Gasteiger partial charge in [0, 0.05) is 35.2 Å². The van der Waals surface area contributed by atoms with Gasteiger partial charge in [0.05, 0.1) is 17.6 Å². The molecule has 61 heavy (non-hydrogen) atoms. The Hall–Kier alpha value is -5.68. The minimum Gasteiger partial charge on any atom is -0.363 e. The molecule has 3 aromatic carbocycles.